The fourth-order valence-corrected chi connectivity index (χ4v) is 1.27. The van der Waals surface area contributed by atoms with Gasteiger partial charge in [0.2, 0.25) is 0 Å². The number of aryl methyl sites for hydroxylation is 2. The van der Waals surface area contributed by atoms with Crippen molar-refractivity contribution < 1.29 is 14.6 Å². The normalized spacial score (nSPS) is 9.80. The third-order valence-electron chi connectivity index (χ3n) is 2.25. The van der Waals surface area contributed by atoms with Crippen molar-refractivity contribution in [3.05, 3.63) is 23.3 Å². The van der Waals surface area contributed by atoms with E-state index >= 15 is 0 Å². The standard InChI is InChI=1S/C11H15NO3/c1-7-4-9(12-6-11(13)14)10(15-3)5-8(7)2/h4-5,12H,6H2,1-3H3,(H,13,14). The molecule has 0 heterocycles. The Morgan fingerprint density at radius 2 is 2.00 bits per heavy atom. The summed E-state index contributed by atoms with van der Waals surface area (Å²) in [6, 6.07) is 3.77. The highest BCUT2D eigenvalue weighted by Gasteiger charge is 2.06. The fourth-order valence-electron chi connectivity index (χ4n) is 1.27. The number of carbonyl (C=O) groups is 1. The topological polar surface area (TPSA) is 58.6 Å². The van der Waals surface area contributed by atoms with Gasteiger partial charge in [0.05, 0.1) is 12.8 Å². The number of methoxy groups -OCH3 is 1. The zero-order chi connectivity index (χ0) is 11.4. The van der Waals surface area contributed by atoms with Gasteiger partial charge in [-0.25, -0.2) is 0 Å². The molecule has 0 aliphatic heterocycles. The first-order chi connectivity index (χ1) is 7.04. The number of hydrogen-bond acceptors (Lipinski definition) is 3. The van der Waals surface area contributed by atoms with Crippen molar-refractivity contribution in [2.45, 2.75) is 13.8 Å². The van der Waals surface area contributed by atoms with Crippen molar-refractivity contribution in [3.8, 4) is 5.75 Å². The minimum Gasteiger partial charge on any atom is -0.495 e. The number of carboxylic acid groups (broad SMARTS) is 1. The lowest BCUT2D eigenvalue weighted by Crippen LogP contribution is -2.13. The number of aliphatic carboxylic acids is 1. The lowest BCUT2D eigenvalue weighted by Gasteiger charge is -2.12. The van der Waals surface area contributed by atoms with Crippen LogP contribution in [0.4, 0.5) is 5.69 Å². The summed E-state index contributed by atoms with van der Waals surface area (Å²) in [7, 11) is 1.57. The largest absolute Gasteiger partial charge is 0.495 e. The van der Waals surface area contributed by atoms with Gasteiger partial charge in [-0.1, -0.05) is 0 Å². The highest BCUT2D eigenvalue weighted by Crippen LogP contribution is 2.27. The van der Waals surface area contributed by atoms with E-state index in [9.17, 15) is 4.79 Å². The fraction of sp³-hybridized carbons (Fsp3) is 0.364. The van der Waals surface area contributed by atoms with Crippen LogP contribution in [-0.2, 0) is 4.79 Å². The molecule has 0 radical (unpaired) electrons. The maximum atomic E-state index is 10.4. The first-order valence-corrected chi connectivity index (χ1v) is 4.65. The summed E-state index contributed by atoms with van der Waals surface area (Å²) in [5, 5.41) is 11.4. The number of rotatable bonds is 4. The van der Waals surface area contributed by atoms with Crippen LogP contribution in [0.15, 0.2) is 12.1 Å². The number of anilines is 1. The lowest BCUT2D eigenvalue weighted by atomic mass is 10.1. The van der Waals surface area contributed by atoms with Crippen LogP contribution < -0.4 is 10.1 Å². The molecule has 4 heteroatoms. The molecule has 0 atom stereocenters. The minimum atomic E-state index is -0.893. The van der Waals surface area contributed by atoms with E-state index in [4.69, 9.17) is 9.84 Å². The molecule has 0 saturated carbocycles. The van der Waals surface area contributed by atoms with Crippen molar-refractivity contribution in [3.63, 3.8) is 0 Å². The maximum absolute atomic E-state index is 10.4. The molecule has 0 bridgehead atoms. The summed E-state index contributed by atoms with van der Waals surface area (Å²) in [6.07, 6.45) is 0. The third kappa shape index (κ3) is 2.87. The Kier molecular flexibility index (Phi) is 3.55. The van der Waals surface area contributed by atoms with Crippen LogP contribution in [0, 0.1) is 13.8 Å². The van der Waals surface area contributed by atoms with Gasteiger partial charge in [-0.2, -0.15) is 0 Å². The number of carboxylic acids is 1. The molecule has 15 heavy (non-hydrogen) atoms. The van der Waals surface area contributed by atoms with Crippen LogP contribution in [0.2, 0.25) is 0 Å². The molecule has 1 aromatic carbocycles. The lowest BCUT2D eigenvalue weighted by molar-refractivity contribution is -0.134. The van der Waals surface area contributed by atoms with Crippen molar-refractivity contribution in [1.29, 1.82) is 0 Å². The Morgan fingerprint density at radius 1 is 1.40 bits per heavy atom. The summed E-state index contributed by atoms with van der Waals surface area (Å²) in [6.45, 7) is 3.85. The molecular formula is C11H15NO3. The van der Waals surface area contributed by atoms with Crippen LogP contribution in [0.3, 0.4) is 0 Å². The van der Waals surface area contributed by atoms with Gasteiger partial charge < -0.3 is 15.2 Å². The van der Waals surface area contributed by atoms with E-state index in [0.29, 0.717) is 11.4 Å². The van der Waals surface area contributed by atoms with Crippen molar-refractivity contribution in [1.82, 2.24) is 0 Å². The molecular weight excluding hydrogens is 194 g/mol. The molecule has 0 spiro atoms. The van der Waals surface area contributed by atoms with Crippen LogP contribution in [0.5, 0.6) is 5.75 Å². The van der Waals surface area contributed by atoms with E-state index < -0.39 is 5.97 Å². The average molecular weight is 209 g/mol. The van der Waals surface area contributed by atoms with Gasteiger partial charge in [0, 0.05) is 0 Å². The van der Waals surface area contributed by atoms with Crippen LogP contribution in [0.25, 0.3) is 0 Å². The maximum Gasteiger partial charge on any atom is 0.322 e. The second kappa shape index (κ2) is 4.68. The number of nitrogens with one attached hydrogen (secondary N) is 1. The number of benzene rings is 1. The summed E-state index contributed by atoms with van der Waals surface area (Å²) < 4.78 is 5.16. The van der Waals surface area contributed by atoms with Gasteiger partial charge in [-0.05, 0) is 37.1 Å². The zero-order valence-electron chi connectivity index (χ0n) is 9.13. The Hall–Kier alpha value is -1.71. The second-order valence-corrected chi connectivity index (χ2v) is 3.38. The second-order valence-electron chi connectivity index (χ2n) is 3.38. The highest BCUT2D eigenvalue weighted by molar-refractivity contribution is 5.74. The zero-order valence-corrected chi connectivity index (χ0v) is 9.13. The van der Waals surface area contributed by atoms with Crippen molar-refractivity contribution in [2.75, 3.05) is 19.0 Å². The van der Waals surface area contributed by atoms with E-state index in [1.54, 1.807) is 7.11 Å². The Labute approximate surface area is 88.9 Å². The Balaban J connectivity index is 2.94. The SMILES string of the molecule is COc1cc(C)c(C)cc1NCC(=O)O. The summed E-state index contributed by atoms with van der Waals surface area (Å²) in [5.41, 5.74) is 2.93. The number of ether oxygens (including phenoxy) is 1. The molecule has 82 valence electrons. The molecule has 1 aromatic rings. The molecule has 1 rings (SSSR count). The smallest absolute Gasteiger partial charge is 0.322 e. The van der Waals surface area contributed by atoms with E-state index in [0.717, 1.165) is 11.1 Å². The molecule has 2 N–H and O–H groups in total. The number of hydrogen-bond donors (Lipinski definition) is 2. The van der Waals surface area contributed by atoms with Gasteiger partial charge >= 0.3 is 5.97 Å². The summed E-state index contributed by atoms with van der Waals surface area (Å²) in [4.78, 5) is 10.4. The molecule has 0 fully saturated rings. The van der Waals surface area contributed by atoms with Gasteiger partial charge in [-0.15, -0.1) is 0 Å². The Morgan fingerprint density at radius 3 is 2.53 bits per heavy atom. The first kappa shape index (κ1) is 11.4. The van der Waals surface area contributed by atoms with E-state index in [1.807, 2.05) is 26.0 Å². The molecule has 4 nitrogen and oxygen atoms in total. The van der Waals surface area contributed by atoms with E-state index in [-0.39, 0.29) is 6.54 Å². The molecule has 0 aliphatic rings. The Bertz CT molecular complexity index is 374. The quantitative estimate of drug-likeness (QED) is 0.794. The third-order valence-corrected chi connectivity index (χ3v) is 2.25. The predicted molar refractivity (Wildman–Crippen MR) is 58.6 cm³/mol. The molecule has 0 unspecified atom stereocenters. The van der Waals surface area contributed by atoms with Gasteiger partial charge in [-0.3, -0.25) is 4.79 Å². The molecule has 0 amide bonds. The minimum absolute atomic E-state index is 0.112. The highest BCUT2D eigenvalue weighted by atomic mass is 16.5. The van der Waals surface area contributed by atoms with Crippen LogP contribution in [0.1, 0.15) is 11.1 Å². The average Bonchev–Trinajstić information content (AvgIpc) is 2.19. The monoisotopic (exact) mass is 209 g/mol. The van der Waals surface area contributed by atoms with Crippen molar-refractivity contribution >= 4 is 11.7 Å². The molecule has 0 aromatic heterocycles. The molecule has 0 aliphatic carbocycles. The first-order valence-electron chi connectivity index (χ1n) is 4.65. The van der Waals surface area contributed by atoms with Crippen molar-refractivity contribution in [2.24, 2.45) is 0 Å². The van der Waals surface area contributed by atoms with Gasteiger partial charge in [0.25, 0.3) is 0 Å². The van der Waals surface area contributed by atoms with E-state index in [1.165, 1.54) is 0 Å². The van der Waals surface area contributed by atoms with Crippen LogP contribution >= 0.6 is 0 Å². The summed E-state index contributed by atoms with van der Waals surface area (Å²) in [5.74, 6) is -0.227. The van der Waals surface area contributed by atoms with Gasteiger partial charge in [0.1, 0.15) is 12.3 Å². The predicted octanol–water partition coefficient (Wildman–Crippen LogP) is 1.81. The summed E-state index contributed by atoms with van der Waals surface area (Å²) >= 11 is 0. The molecule has 0 saturated heterocycles. The van der Waals surface area contributed by atoms with Crippen LogP contribution in [-0.4, -0.2) is 24.7 Å². The van der Waals surface area contributed by atoms with E-state index in [2.05, 4.69) is 5.32 Å². The van der Waals surface area contributed by atoms with Gasteiger partial charge in [0.15, 0.2) is 0 Å².